The second-order valence-electron chi connectivity index (χ2n) is 4.11. The molecule has 96 valence electrons. The van der Waals surface area contributed by atoms with Crippen LogP contribution < -0.4 is 5.32 Å². The highest BCUT2D eigenvalue weighted by atomic mass is 35.5. The van der Waals surface area contributed by atoms with Crippen LogP contribution in [-0.4, -0.2) is 11.7 Å². The molecule has 2 rings (SSSR count). The topological polar surface area (TPSA) is 46.2 Å². The van der Waals surface area contributed by atoms with Crippen LogP contribution in [0.5, 0.6) is 0 Å². The van der Waals surface area contributed by atoms with E-state index in [0.29, 0.717) is 16.3 Å². The van der Waals surface area contributed by atoms with E-state index in [2.05, 4.69) is 5.32 Å². The summed E-state index contributed by atoms with van der Waals surface area (Å²) in [6.45, 7) is 1.83. The van der Waals surface area contributed by atoms with Crippen molar-refractivity contribution >= 4 is 29.0 Å². The van der Waals surface area contributed by atoms with Crippen molar-refractivity contribution in [2.24, 2.45) is 0 Å². The molecule has 0 fully saturated rings. The van der Waals surface area contributed by atoms with Gasteiger partial charge in [0, 0.05) is 16.3 Å². The molecular formula is C15H12ClNO2. The molecular weight excluding hydrogens is 262 g/mol. The molecule has 3 nitrogen and oxygen atoms in total. The van der Waals surface area contributed by atoms with Crippen molar-refractivity contribution in [3.63, 3.8) is 0 Å². The molecule has 4 heteroatoms. The Balaban J connectivity index is 2.18. The molecule has 2 aromatic carbocycles. The second-order valence-corrected chi connectivity index (χ2v) is 4.54. The van der Waals surface area contributed by atoms with Gasteiger partial charge in [0.2, 0.25) is 0 Å². The van der Waals surface area contributed by atoms with E-state index < -0.39 is 11.7 Å². The highest BCUT2D eigenvalue weighted by Gasteiger charge is 2.16. The number of anilines is 1. The van der Waals surface area contributed by atoms with Crippen molar-refractivity contribution in [3.05, 3.63) is 64.7 Å². The minimum absolute atomic E-state index is 0.361. The lowest BCUT2D eigenvalue weighted by atomic mass is 10.1. The SMILES string of the molecule is Cc1ccc(Cl)cc1NC(=O)C(=O)c1ccccc1. The summed E-state index contributed by atoms with van der Waals surface area (Å²) >= 11 is 5.86. The first-order valence-electron chi connectivity index (χ1n) is 5.75. The van der Waals surface area contributed by atoms with Crippen LogP contribution in [0.1, 0.15) is 15.9 Å². The average Bonchev–Trinajstić information content (AvgIpc) is 2.43. The number of carbonyl (C=O) groups is 2. The number of ketones is 1. The Bertz CT molecular complexity index is 623. The fourth-order valence-corrected chi connectivity index (χ4v) is 1.80. The molecule has 0 unspecified atom stereocenters. The molecule has 0 aliphatic carbocycles. The predicted octanol–water partition coefficient (Wildman–Crippen LogP) is 3.47. The summed E-state index contributed by atoms with van der Waals surface area (Å²) in [6.07, 6.45) is 0. The van der Waals surface area contributed by atoms with Gasteiger partial charge in [-0.2, -0.15) is 0 Å². The maximum absolute atomic E-state index is 11.9. The number of hydrogen-bond donors (Lipinski definition) is 1. The van der Waals surface area contributed by atoms with Crippen molar-refractivity contribution < 1.29 is 9.59 Å². The lowest BCUT2D eigenvalue weighted by Crippen LogP contribution is -2.23. The van der Waals surface area contributed by atoms with E-state index in [0.717, 1.165) is 5.56 Å². The Kier molecular flexibility index (Phi) is 3.97. The van der Waals surface area contributed by atoms with Gasteiger partial charge < -0.3 is 5.32 Å². The summed E-state index contributed by atoms with van der Waals surface area (Å²) < 4.78 is 0. The molecule has 0 aromatic heterocycles. The zero-order valence-electron chi connectivity index (χ0n) is 10.3. The van der Waals surface area contributed by atoms with E-state index in [1.807, 2.05) is 6.92 Å². The van der Waals surface area contributed by atoms with E-state index >= 15 is 0 Å². The van der Waals surface area contributed by atoms with Crippen LogP contribution >= 0.6 is 11.6 Å². The van der Waals surface area contributed by atoms with Crippen LogP contribution in [0, 0.1) is 6.92 Å². The Morgan fingerprint density at radius 2 is 1.74 bits per heavy atom. The molecule has 0 bridgehead atoms. The Hall–Kier alpha value is -2.13. The standard InChI is InChI=1S/C15H12ClNO2/c1-10-7-8-12(16)9-13(10)17-15(19)14(18)11-5-3-2-4-6-11/h2-9H,1H3,(H,17,19). The zero-order valence-corrected chi connectivity index (χ0v) is 11.1. The number of halogens is 1. The number of aryl methyl sites for hydroxylation is 1. The van der Waals surface area contributed by atoms with Crippen molar-refractivity contribution in [2.45, 2.75) is 6.92 Å². The highest BCUT2D eigenvalue weighted by molar-refractivity contribution is 6.46. The third-order valence-corrected chi connectivity index (χ3v) is 2.93. The van der Waals surface area contributed by atoms with Crippen LogP contribution in [0.3, 0.4) is 0 Å². The summed E-state index contributed by atoms with van der Waals surface area (Å²) in [4.78, 5) is 23.8. The molecule has 1 amide bonds. The van der Waals surface area contributed by atoms with Crippen molar-refractivity contribution in [1.29, 1.82) is 0 Å². The van der Waals surface area contributed by atoms with Gasteiger partial charge in [0.05, 0.1) is 0 Å². The maximum Gasteiger partial charge on any atom is 0.296 e. The Morgan fingerprint density at radius 3 is 2.42 bits per heavy atom. The molecule has 0 aliphatic rings. The summed E-state index contributed by atoms with van der Waals surface area (Å²) in [5.41, 5.74) is 1.75. The Morgan fingerprint density at radius 1 is 1.05 bits per heavy atom. The molecule has 1 N–H and O–H groups in total. The number of Topliss-reactive ketones (excluding diaryl/α,β-unsaturated/α-hetero) is 1. The first-order valence-corrected chi connectivity index (χ1v) is 6.12. The van der Waals surface area contributed by atoms with E-state index in [4.69, 9.17) is 11.6 Å². The van der Waals surface area contributed by atoms with Gasteiger partial charge in [-0.25, -0.2) is 0 Å². The van der Waals surface area contributed by atoms with Gasteiger partial charge in [0.15, 0.2) is 0 Å². The number of nitrogens with one attached hydrogen (secondary N) is 1. The van der Waals surface area contributed by atoms with Gasteiger partial charge in [-0.15, -0.1) is 0 Å². The molecule has 0 heterocycles. The van der Waals surface area contributed by atoms with Crippen LogP contribution in [0.4, 0.5) is 5.69 Å². The second kappa shape index (κ2) is 5.67. The highest BCUT2D eigenvalue weighted by Crippen LogP contribution is 2.20. The van der Waals surface area contributed by atoms with E-state index in [9.17, 15) is 9.59 Å². The van der Waals surface area contributed by atoms with Gasteiger partial charge in [-0.3, -0.25) is 9.59 Å². The molecule has 0 atom stereocenters. The fraction of sp³-hybridized carbons (Fsp3) is 0.0667. The largest absolute Gasteiger partial charge is 0.319 e. The summed E-state index contributed by atoms with van der Waals surface area (Å²) in [6, 6.07) is 13.6. The molecule has 0 aliphatic heterocycles. The predicted molar refractivity (Wildman–Crippen MR) is 75.6 cm³/mol. The zero-order chi connectivity index (χ0) is 13.8. The normalized spacial score (nSPS) is 10.0. The van der Waals surface area contributed by atoms with Gasteiger partial charge in [-0.1, -0.05) is 48.0 Å². The molecule has 19 heavy (non-hydrogen) atoms. The van der Waals surface area contributed by atoms with Crippen molar-refractivity contribution in [2.75, 3.05) is 5.32 Å². The number of rotatable bonds is 3. The minimum Gasteiger partial charge on any atom is -0.319 e. The first kappa shape index (κ1) is 13.3. The van der Waals surface area contributed by atoms with Crippen molar-refractivity contribution in [3.8, 4) is 0 Å². The Labute approximate surface area is 116 Å². The fourth-order valence-electron chi connectivity index (χ4n) is 1.63. The van der Waals surface area contributed by atoms with E-state index in [1.54, 1.807) is 48.5 Å². The first-order chi connectivity index (χ1) is 9.08. The maximum atomic E-state index is 11.9. The van der Waals surface area contributed by atoms with Gasteiger partial charge >= 0.3 is 0 Å². The van der Waals surface area contributed by atoms with Crippen LogP contribution in [0.2, 0.25) is 5.02 Å². The minimum atomic E-state index is -0.670. The third-order valence-electron chi connectivity index (χ3n) is 2.69. The lowest BCUT2D eigenvalue weighted by molar-refractivity contribution is -0.112. The lowest BCUT2D eigenvalue weighted by Gasteiger charge is -2.08. The molecule has 0 radical (unpaired) electrons. The average molecular weight is 274 g/mol. The molecule has 0 saturated heterocycles. The quantitative estimate of drug-likeness (QED) is 0.687. The van der Waals surface area contributed by atoms with Crippen LogP contribution in [0.25, 0.3) is 0 Å². The summed E-state index contributed by atoms with van der Waals surface area (Å²) in [5.74, 6) is -1.24. The van der Waals surface area contributed by atoms with E-state index in [-0.39, 0.29) is 0 Å². The summed E-state index contributed by atoms with van der Waals surface area (Å²) in [7, 11) is 0. The van der Waals surface area contributed by atoms with Crippen LogP contribution in [-0.2, 0) is 4.79 Å². The van der Waals surface area contributed by atoms with Gasteiger partial charge in [0.1, 0.15) is 0 Å². The van der Waals surface area contributed by atoms with Crippen LogP contribution in [0.15, 0.2) is 48.5 Å². The number of amides is 1. The number of hydrogen-bond acceptors (Lipinski definition) is 2. The number of carbonyl (C=O) groups excluding carboxylic acids is 2. The molecule has 0 saturated carbocycles. The smallest absolute Gasteiger partial charge is 0.296 e. The number of benzene rings is 2. The third kappa shape index (κ3) is 3.20. The van der Waals surface area contributed by atoms with Crippen molar-refractivity contribution in [1.82, 2.24) is 0 Å². The molecule has 0 spiro atoms. The van der Waals surface area contributed by atoms with E-state index in [1.165, 1.54) is 0 Å². The monoisotopic (exact) mass is 273 g/mol. The molecule has 2 aromatic rings. The van der Waals surface area contributed by atoms with Gasteiger partial charge in [0.25, 0.3) is 11.7 Å². The summed E-state index contributed by atoms with van der Waals surface area (Å²) in [5, 5.41) is 3.08. The van der Waals surface area contributed by atoms with Gasteiger partial charge in [-0.05, 0) is 24.6 Å².